The number of pyridine rings is 1. The number of ether oxygens (including phenoxy) is 2. The monoisotopic (exact) mass is 525 g/mol. The molecule has 3 aromatic heterocycles. The van der Waals surface area contributed by atoms with Crippen LogP contribution in [0.25, 0.3) is 10.9 Å². The van der Waals surface area contributed by atoms with Crippen LogP contribution in [0.5, 0.6) is 11.5 Å². The van der Waals surface area contributed by atoms with Crippen molar-refractivity contribution in [2.45, 2.75) is 19.1 Å². The molecule has 0 spiro atoms. The summed E-state index contributed by atoms with van der Waals surface area (Å²) in [7, 11) is 0. The first-order valence-electron chi connectivity index (χ1n) is 13.0. The Labute approximate surface area is 223 Å². The minimum Gasteiger partial charge on any atom is -0.468 e. The zero-order valence-corrected chi connectivity index (χ0v) is 21.2. The van der Waals surface area contributed by atoms with Crippen molar-refractivity contribution in [1.82, 2.24) is 35.0 Å². The Morgan fingerprint density at radius 3 is 2.54 bits per heavy atom. The average Bonchev–Trinajstić information content (AvgIpc) is 3.73. The molecule has 0 aliphatic carbocycles. The summed E-state index contributed by atoms with van der Waals surface area (Å²) in [6.07, 6.45) is 1.70. The Bertz CT molecular complexity index is 1640. The fraction of sp³-hybridized carbons (Fsp3) is 0.286. The van der Waals surface area contributed by atoms with Gasteiger partial charge in [0.1, 0.15) is 11.8 Å². The largest absolute Gasteiger partial charge is 0.468 e. The number of aromatic amines is 1. The topological polar surface area (TPSA) is 115 Å². The number of tetrazole rings is 1. The highest BCUT2D eigenvalue weighted by Gasteiger charge is 2.33. The molecule has 11 heteroatoms. The molecule has 0 saturated carbocycles. The van der Waals surface area contributed by atoms with E-state index < -0.39 is 6.04 Å². The second kappa shape index (κ2) is 10.0. The third-order valence-corrected chi connectivity index (χ3v) is 7.37. The van der Waals surface area contributed by atoms with Crippen LogP contribution >= 0.6 is 0 Å². The quantitative estimate of drug-likeness (QED) is 0.343. The molecule has 0 amide bonds. The standard InChI is InChI=1S/C28H27N7O4/c36-28-22(13-20-14-24-25(39-18-38-24)15-23(20)29-28)26(27-30-31-32-35(27)16-19-5-2-1-3-6-19)34-10-8-33(9-11-34)17-21-7-4-12-37-21/h1-7,12-15,26H,8-11,16-18H2,(H,29,36)/t26-/m0/s1. The molecule has 0 radical (unpaired) electrons. The van der Waals surface area contributed by atoms with Gasteiger partial charge in [0.2, 0.25) is 6.79 Å². The van der Waals surface area contributed by atoms with Crippen molar-refractivity contribution in [1.29, 1.82) is 0 Å². The van der Waals surface area contributed by atoms with Gasteiger partial charge in [-0.3, -0.25) is 14.6 Å². The highest BCUT2D eigenvalue weighted by atomic mass is 16.7. The summed E-state index contributed by atoms with van der Waals surface area (Å²) in [6, 6.07) is 19.2. The van der Waals surface area contributed by atoms with Crippen molar-refractivity contribution in [2.24, 2.45) is 0 Å². The molecule has 39 heavy (non-hydrogen) atoms. The molecule has 11 nitrogen and oxygen atoms in total. The molecule has 7 rings (SSSR count). The molecular weight excluding hydrogens is 498 g/mol. The lowest BCUT2D eigenvalue weighted by molar-refractivity contribution is 0.0952. The first kappa shape index (κ1) is 23.6. The number of hydrogen-bond acceptors (Lipinski definition) is 9. The summed E-state index contributed by atoms with van der Waals surface area (Å²) >= 11 is 0. The summed E-state index contributed by atoms with van der Waals surface area (Å²) in [5.74, 6) is 2.86. The molecule has 5 heterocycles. The maximum atomic E-state index is 13.6. The molecule has 2 aliphatic heterocycles. The summed E-state index contributed by atoms with van der Waals surface area (Å²) < 4.78 is 18.4. The number of nitrogens with zero attached hydrogens (tertiary/aromatic N) is 6. The second-order valence-electron chi connectivity index (χ2n) is 9.82. The summed E-state index contributed by atoms with van der Waals surface area (Å²) in [6.45, 7) is 4.54. The van der Waals surface area contributed by atoms with Gasteiger partial charge in [0.05, 0.1) is 24.9 Å². The van der Waals surface area contributed by atoms with Gasteiger partial charge in [-0.05, 0) is 40.3 Å². The van der Waals surface area contributed by atoms with E-state index >= 15 is 0 Å². The lowest BCUT2D eigenvalue weighted by atomic mass is 10.0. The molecular formula is C28H27N7O4. The van der Waals surface area contributed by atoms with Crippen molar-refractivity contribution in [3.05, 3.63) is 100.0 Å². The zero-order valence-electron chi connectivity index (χ0n) is 21.2. The van der Waals surface area contributed by atoms with E-state index in [-0.39, 0.29) is 12.4 Å². The van der Waals surface area contributed by atoms with Crippen LogP contribution in [0, 0.1) is 0 Å². The molecule has 2 aromatic carbocycles. The fourth-order valence-electron chi connectivity index (χ4n) is 5.39. The number of piperazine rings is 1. The van der Waals surface area contributed by atoms with Crippen LogP contribution in [-0.2, 0) is 13.1 Å². The van der Waals surface area contributed by atoms with E-state index in [1.807, 2.05) is 60.7 Å². The van der Waals surface area contributed by atoms with E-state index in [0.29, 0.717) is 34.9 Å². The molecule has 1 N–H and O–H groups in total. The predicted molar refractivity (Wildman–Crippen MR) is 141 cm³/mol. The molecule has 198 valence electrons. The second-order valence-corrected chi connectivity index (χ2v) is 9.82. The number of aromatic nitrogens is 5. The van der Waals surface area contributed by atoms with E-state index in [1.54, 1.807) is 10.9 Å². The van der Waals surface area contributed by atoms with Crippen molar-refractivity contribution in [3.63, 3.8) is 0 Å². The van der Waals surface area contributed by atoms with Gasteiger partial charge in [-0.25, -0.2) is 4.68 Å². The van der Waals surface area contributed by atoms with Crippen LogP contribution in [0.2, 0.25) is 0 Å². The Morgan fingerprint density at radius 2 is 1.74 bits per heavy atom. The zero-order chi connectivity index (χ0) is 26.2. The lowest BCUT2D eigenvalue weighted by Gasteiger charge is -2.38. The molecule has 5 aromatic rings. The number of fused-ring (bicyclic) bond motifs is 2. The van der Waals surface area contributed by atoms with Crippen LogP contribution in [0.1, 0.15) is 28.8 Å². The van der Waals surface area contributed by atoms with Gasteiger partial charge >= 0.3 is 0 Å². The number of rotatable bonds is 7. The normalized spacial score (nSPS) is 16.6. The highest BCUT2D eigenvalue weighted by molar-refractivity contribution is 5.83. The van der Waals surface area contributed by atoms with E-state index in [1.165, 1.54) is 0 Å². The van der Waals surface area contributed by atoms with E-state index in [4.69, 9.17) is 13.9 Å². The first-order valence-corrected chi connectivity index (χ1v) is 13.0. The summed E-state index contributed by atoms with van der Waals surface area (Å²) in [4.78, 5) is 21.3. The molecule has 1 saturated heterocycles. The Hall–Kier alpha value is -4.48. The van der Waals surface area contributed by atoms with Gasteiger partial charge in [-0.15, -0.1) is 5.10 Å². The first-order chi connectivity index (χ1) is 19.2. The Kier molecular flexibility index (Phi) is 6.06. The number of nitrogens with one attached hydrogen (secondary N) is 1. The van der Waals surface area contributed by atoms with Crippen molar-refractivity contribution < 1.29 is 13.9 Å². The summed E-state index contributed by atoms with van der Waals surface area (Å²) in [5.41, 5.74) is 2.18. The minimum atomic E-state index is -0.437. The Balaban J connectivity index is 1.26. The molecule has 2 aliphatic rings. The van der Waals surface area contributed by atoms with Gasteiger partial charge in [-0.2, -0.15) is 0 Å². The maximum absolute atomic E-state index is 13.6. The van der Waals surface area contributed by atoms with Crippen LogP contribution in [0.3, 0.4) is 0 Å². The highest BCUT2D eigenvalue weighted by Crippen LogP contribution is 2.36. The van der Waals surface area contributed by atoms with E-state index in [0.717, 1.165) is 49.4 Å². The maximum Gasteiger partial charge on any atom is 0.253 e. The SMILES string of the molecule is O=c1[nH]c2cc3c(cc2cc1[C@@H](c1nnnn1Cc1ccccc1)N1CCN(Cc2ccco2)CC1)OCO3. The number of H-pyrrole nitrogens is 1. The van der Waals surface area contributed by atoms with Crippen LogP contribution in [0.4, 0.5) is 0 Å². The number of hydrogen-bond donors (Lipinski definition) is 1. The average molecular weight is 526 g/mol. The predicted octanol–water partition coefficient (Wildman–Crippen LogP) is 2.79. The van der Waals surface area contributed by atoms with E-state index in [9.17, 15) is 4.79 Å². The third-order valence-electron chi connectivity index (χ3n) is 7.37. The molecule has 0 bridgehead atoms. The van der Waals surface area contributed by atoms with Gasteiger partial charge in [0.15, 0.2) is 17.3 Å². The van der Waals surface area contributed by atoms with Crippen molar-refractivity contribution in [3.8, 4) is 11.5 Å². The van der Waals surface area contributed by atoms with Gasteiger partial charge in [-0.1, -0.05) is 30.3 Å². The van der Waals surface area contributed by atoms with Crippen molar-refractivity contribution in [2.75, 3.05) is 33.0 Å². The fourth-order valence-corrected chi connectivity index (χ4v) is 5.39. The minimum absolute atomic E-state index is 0.169. The van der Waals surface area contributed by atoms with Gasteiger partial charge in [0, 0.05) is 43.2 Å². The summed E-state index contributed by atoms with van der Waals surface area (Å²) in [5, 5.41) is 13.7. The number of benzene rings is 2. The smallest absolute Gasteiger partial charge is 0.253 e. The Morgan fingerprint density at radius 1 is 0.923 bits per heavy atom. The van der Waals surface area contributed by atoms with Crippen LogP contribution in [-0.4, -0.2) is 68.0 Å². The number of furan rings is 1. The van der Waals surface area contributed by atoms with Crippen LogP contribution in [0.15, 0.2) is 76.1 Å². The third kappa shape index (κ3) is 4.66. The van der Waals surface area contributed by atoms with Crippen LogP contribution < -0.4 is 15.0 Å². The molecule has 1 atom stereocenters. The molecule has 0 unspecified atom stereocenters. The van der Waals surface area contributed by atoms with Crippen molar-refractivity contribution >= 4 is 10.9 Å². The van der Waals surface area contributed by atoms with E-state index in [2.05, 4.69) is 30.3 Å². The lowest BCUT2D eigenvalue weighted by Crippen LogP contribution is -2.48. The van der Waals surface area contributed by atoms with Gasteiger partial charge in [0.25, 0.3) is 5.56 Å². The molecule has 1 fully saturated rings. The van der Waals surface area contributed by atoms with Gasteiger partial charge < -0.3 is 18.9 Å².